The zero-order valence-corrected chi connectivity index (χ0v) is 6.38. The molecular formula is C7H11O3-. The van der Waals surface area contributed by atoms with Crippen LogP contribution in [0.25, 0.3) is 0 Å². The first-order valence-electron chi connectivity index (χ1n) is 3.08. The summed E-state index contributed by atoms with van der Waals surface area (Å²) in [6, 6.07) is 0. The first-order chi connectivity index (χ1) is 4.52. The third-order valence-electron chi connectivity index (χ3n) is 0.673. The van der Waals surface area contributed by atoms with Gasteiger partial charge in [0, 0.05) is 6.08 Å². The maximum absolute atomic E-state index is 10.6. The van der Waals surface area contributed by atoms with Crippen LogP contribution in [0.4, 0.5) is 0 Å². The van der Waals surface area contributed by atoms with Crippen molar-refractivity contribution >= 4 is 5.97 Å². The molecule has 3 heteroatoms. The summed E-state index contributed by atoms with van der Waals surface area (Å²) in [6.45, 7) is 4.76. The van der Waals surface area contributed by atoms with Gasteiger partial charge in [-0.15, -0.1) is 5.76 Å². The maximum atomic E-state index is 10.6. The van der Waals surface area contributed by atoms with Gasteiger partial charge in [0.1, 0.15) is 0 Å². The van der Waals surface area contributed by atoms with Gasteiger partial charge in [-0.25, -0.2) is 4.79 Å². The molecule has 0 aliphatic carbocycles. The average molecular weight is 143 g/mol. The van der Waals surface area contributed by atoms with E-state index in [9.17, 15) is 9.90 Å². The van der Waals surface area contributed by atoms with Crippen molar-refractivity contribution < 1.29 is 14.6 Å². The number of allylic oxidation sites excluding steroid dienone is 1. The number of hydrogen-bond donors (Lipinski definition) is 0. The molecule has 0 aromatic carbocycles. The van der Waals surface area contributed by atoms with Crippen LogP contribution >= 0.6 is 0 Å². The predicted octanol–water partition coefficient (Wildman–Crippen LogP) is 0.202. The normalized spacial score (nSPS) is 11.8. The lowest BCUT2D eigenvalue weighted by atomic mass is 10.4. The molecule has 0 amide bonds. The summed E-state index contributed by atoms with van der Waals surface area (Å²) in [4.78, 5) is 10.6. The van der Waals surface area contributed by atoms with E-state index >= 15 is 0 Å². The summed E-state index contributed by atoms with van der Waals surface area (Å²) in [6.07, 6.45) is 0.767. The van der Waals surface area contributed by atoms with E-state index in [-0.39, 0.29) is 11.9 Å². The SMILES string of the molecule is C/C([O-])=C/C(=O)OC(C)C. The van der Waals surface area contributed by atoms with E-state index in [2.05, 4.69) is 4.74 Å². The Labute approximate surface area is 60.3 Å². The Hall–Kier alpha value is -0.990. The quantitative estimate of drug-likeness (QED) is 0.315. The number of carbonyl (C=O) groups excluding carboxylic acids is 1. The molecule has 0 N–H and O–H groups in total. The molecule has 0 rings (SSSR count). The molecule has 3 nitrogen and oxygen atoms in total. The molecule has 0 heterocycles. The molecule has 0 radical (unpaired) electrons. The van der Waals surface area contributed by atoms with Crippen LogP contribution in [0.1, 0.15) is 20.8 Å². The van der Waals surface area contributed by atoms with Crippen molar-refractivity contribution in [3.8, 4) is 0 Å². The van der Waals surface area contributed by atoms with Gasteiger partial charge in [0.2, 0.25) is 0 Å². The van der Waals surface area contributed by atoms with E-state index in [1.54, 1.807) is 13.8 Å². The van der Waals surface area contributed by atoms with Crippen LogP contribution in [0.2, 0.25) is 0 Å². The highest BCUT2D eigenvalue weighted by Gasteiger charge is 1.98. The molecule has 0 unspecified atom stereocenters. The van der Waals surface area contributed by atoms with E-state index in [0.717, 1.165) is 6.08 Å². The molecule has 0 fully saturated rings. The third-order valence-corrected chi connectivity index (χ3v) is 0.673. The number of carbonyl (C=O) groups is 1. The summed E-state index contributed by atoms with van der Waals surface area (Å²) >= 11 is 0. The minimum absolute atomic E-state index is 0.164. The van der Waals surface area contributed by atoms with Crippen molar-refractivity contribution in [1.29, 1.82) is 0 Å². The van der Waals surface area contributed by atoms with E-state index in [4.69, 9.17) is 0 Å². The van der Waals surface area contributed by atoms with Crippen LogP contribution in [0.15, 0.2) is 11.8 Å². The second kappa shape index (κ2) is 3.93. The predicted molar refractivity (Wildman–Crippen MR) is 35.0 cm³/mol. The van der Waals surface area contributed by atoms with Gasteiger partial charge in [0.25, 0.3) is 0 Å². The van der Waals surface area contributed by atoms with Gasteiger partial charge in [-0.1, -0.05) is 6.92 Å². The van der Waals surface area contributed by atoms with Gasteiger partial charge in [-0.05, 0) is 13.8 Å². The Morgan fingerprint density at radius 1 is 1.60 bits per heavy atom. The highest BCUT2D eigenvalue weighted by Crippen LogP contribution is 1.91. The smallest absolute Gasteiger partial charge is 0.330 e. The molecule has 10 heavy (non-hydrogen) atoms. The number of hydrogen-bond acceptors (Lipinski definition) is 3. The van der Waals surface area contributed by atoms with Crippen LogP contribution < -0.4 is 5.11 Å². The Bertz CT molecular complexity index is 143. The second-order valence-corrected chi connectivity index (χ2v) is 2.24. The maximum Gasteiger partial charge on any atom is 0.330 e. The van der Waals surface area contributed by atoms with E-state index in [0.29, 0.717) is 0 Å². The largest absolute Gasteiger partial charge is 0.875 e. The number of esters is 1. The molecule has 0 saturated carbocycles. The zero-order chi connectivity index (χ0) is 8.15. The lowest BCUT2D eigenvalue weighted by molar-refractivity contribution is -0.301. The van der Waals surface area contributed by atoms with Crippen molar-refractivity contribution in [3.05, 3.63) is 11.8 Å². The molecular weight excluding hydrogens is 132 g/mol. The average Bonchev–Trinajstić information content (AvgIpc) is 1.58. The molecule has 0 atom stereocenters. The minimum atomic E-state index is -0.567. The van der Waals surface area contributed by atoms with Crippen LogP contribution in [0.3, 0.4) is 0 Å². The first kappa shape index (κ1) is 9.01. The number of ether oxygens (including phenoxy) is 1. The molecule has 0 aliphatic heterocycles. The van der Waals surface area contributed by atoms with Crippen molar-refractivity contribution in [2.75, 3.05) is 0 Å². The van der Waals surface area contributed by atoms with Crippen molar-refractivity contribution in [3.63, 3.8) is 0 Å². The number of rotatable bonds is 2. The molecule has 0 saturated heterocycles. The molecule has 0 bridgehead atoms. The Balaban J connectivity index is 3.76. The second-order valence-electron chi connectivity index (χ2n) is 2.24. The van der Waals surface area contributed by atoms with Crippen molar-refractivity contribution in [2.45, 2.75) is 26.9 Å². The monoisotopic (exact) mass is 143 g/mol. The van der Waals surface area contributed by atoms with Crippen LogP contribution in [-0.2, 0) is 9.53 Å². The molecule has 58 valence electrons. The minimum Gasteiger partial charge on any atom is -0.875 e. The fourth-order valence-electron chi connectivity index (χ4n) is 0.432. The van der Waals surface area contributed by atoms with Crippen LogP contribution in [0.5, 0.6) is 0 Å². The standard InChI is InChI=1S/C7H12O3/c1-5(2)10-7(9)4-6(3)8/h4-5,8H,1-3H3/p-1/b6-4-. The van der Waals surface area contributed by atoms with Crippen molar-refractivity contribution in [1.82, 2.24) is 0 Å². The first-order valence-corrected chi connectivity index (χ1v) is 3.08. The third kappa shape index (κ3) is 5.15. The van der Waals surface area contributed by atoms with E-state index in [1.165, 1.54) is 6.92 Å². The molecule has 0 aliphatic rings. The molecule has 0 aromatic heterocycles. The van der Waals surface area contributed by atoms with E-state index < -0.39 is 5.97 Å². The van der Waals surface area contributed by atoms with Gasteiger partial charge < -0.3 is 9.84 Å². The van der Waals surface area contributed by atoms with E-state index in [1.807, 2.05) is 0 Å². The Kier molecular flexibility index (Phi) is 3.54. The van der Waals surface area contributed by atoms with Gasteiger partial charge >= 0.3 is 5.97 Å². The van der Waals surface area contributed by atoms with Crippen LogP contribution in [0, 0.1) is 0 Å². The summed E-state index contributed by atoms with van der Waals surface area (Å²) < 4.78 is 4.65. The van der Waals surface area contributed by atoms with Gasteiger partial charge in [-0.3, -0.25) is 0 Å². The highest BCUT2D eigenvalue weighted by atomic mass is 16.5. The Morgan fingerprint density at radius 3 is 2.40 bits per heavy atom. The van der Waals surface area contributed by atoms with Gasteiger partial charge in [0.05, 0.1) is 6.10 Å². The van der Waals surface area contributed by atoms with Crippen molar-refractivity contribution in [2.24, 2.45) is 0 Å². The lowest BCUT2D eigenvalue weighted by Gasteiger charge is -2.06. The summed E-state index contributed by atoms with van der Waals surface area (Å²) in [7, 11) is 0. The Morgan fingerprint density at radius 2 is 2.10 bits per heavy atom. The zero-order valence-electron chi connectivity index (χ0n) is 6.38. The fourth-order valence-corrected chi connectivity index (χ4v) is 0.432. The summed E-state index contributed by atoms with van der Waals surface area (Å²) in [5, 5.41) is 10.3. The van der Waals surface area contributed by atoms with Crippen LogP contribution in [-0.4, -0.2) is 12.1 Å². The van der Waals surface area contributed by atoms with Gasteiger partial charge in [0.15, 0.2) is 0 Å². The summed E-state index contributed by atoms with van der Waals surface area (Å²) in [5.41, 5.74) is 0. The van der Waals surface area contributed by atoms with Gasteiger partial charge in [-0.2, -0.15) is 0 Å². The molecule has 0 aromatic rings. The highest BCUT2D eigenvalue weighted by molar-refractivity contribution is 5.82. The fraction of sp³-hybridized carbons (Fsp3) is 0.571. The lowest BCUT2D eigenvalue weighted by Crippen LogP contribution is -2.11. The topological polar surface area (TPSA) is 49.4 Å². The molecule has 0 spiro atoms. The summed E-state index contributed by atoms with van der Waals surface area (Å²) in [5.74, 6) is -0.854.